The van der Waals surface area contributed by atoms with Crippen LogP contribution >= 0.6 is 0 Å². The number of pyridine rings is 1. The number of benzene rings is 1. The Morgan fingerprint density at radius 2 is 1.86 bits per heavy atom. The van der Waals surface area contributed by atoms with E-state index in [0.717, 1.165) is 55.2 Å². The number of nitriles is 1. The molecule has 2 aliphatic carbocycles. The molecule has 2 aliphatic rings. The zero-order valence-electron chi connectivity index (χ0n) is 24.6. The van der Waals surface area contributed by atoms with E-state index in [1.807, 2.05) is 55.7 Å². The molecular weight excluding hydrogens is 556 g/mol. The van der Waals surface area contributed by atoms with Gasteiger partial charge in [0.15, 0.2) is 0 Å². The first-order valence-electron chi connectivity index (χ1n) is 14.9. The molecule has 0 spiro atoms. The first-order chi connectivity index (χ1) is 21.4. The average Bonchev–Trinajstić information content (AvgIpc) is 3.70. The van der Waals surface area contributed by atoms with Gasteiger partial charge in [-0.1, -0.05) is 30.3 Å². The van der Waals surface area contributed by atoms with Crippen LogP contribution in [0.4, 0.5) is 22.4 Å². The van der Waals surface area contributed by atoms with Crippen LogP contribution in [0, 0.1) is 11.3 Å². The molecule has 2 fully saturated rings. The molecule has 0 radical (unpaired) electrons. The standard InChI is InChI=1S/C32H36N10O2/c1-41-20-25(19-37-41)23-7-12-28(34-17-23)42(31(44)36-16-22-5-3-2-4-6-22)27-10-8-26(9-11-27)38-30-35-18-24(15-33)29(39-30)40-32(21-43)13-14-32/h2-7,12,17-20,26-27,43H,8-11,13-14,16,21H2,1H3,(H,36,44)(H2,35,38,39,40)/t26-,27-. The summed E-state index contributed by atoms with van der Waals surface area (Å²) in [5, 5.41) is 33.2. The van der Waals surface area contributed by atoms with E-state index >= 15 is 0 Å². The molecule has 226 valence electrons. The highest BCUT2D eigenvalue weighted by Crippen LogP contribution is 2.38. The minimum Gasteiger partial charge on any atom is -0.394 e. The number of hydrogen-bond acceptors (Lipinski definition) is 9. The average molecular weight is 593 g/mol. The van der Waals surface area contributed by atoms with Crippen molar-refractivity contribution >= 4 is 23.6 Å². The molecule has 3 heterocycles. The molecule has 4 aromatic rings. The topological polar surface area (TPSA) is 157 Å². The maximum atomic E-state index is 13.7. The van der Waals surface area contributed by atoms with Crippen LogP contribution in [-0.4, -0.2) is 60.1 Å². The van der Waals surface area contributed by atoms with E-state index in [4.69, 9.17) is 4.98 Å². The lowest BCUT2D eigenvalue weighted by Gasteiger charge is -2.36. The summed E-state index contributed by atoms with van der Waals surface area (Å²) in [5.74, 6) is 1.48. The lowest BCUT2D eigenvalue weighted by atomic mass is 9.90. The minimum atomic E-state index is -0.399. The highest BCUT2D eigenvalue weighted by Gasteiger charge is 2.43. The Morgan fingerprint density at radius 1 is 1.07 bits per heavy atom. The normalized spacial score (nSPS) is 18.6. The van der Waals surface area contributed by atoms with Crippen LogP contribution in [0.25, 0.3) is 11.1 Å². The van der Waals surface area contributed by atoms with Gasteiger partial charge < -0.3 is 21.1 Å². The predicted molar refractivity (Wildman–Crippen MR) is 167 cm³/mol. The van der Waals surface area contributed by atoms with Crippen LogP contribution in [0.15, 0.2) is 67.3 Å². The quantitative estimate of drug-likeness (QED) is 0.212. The number of aliphatic hydroxyl groups excluding tert-OH is 1. The summed E-state index contributed by atoms with van der Waals surface area (Å²) in [7, 11) is 1.87. The monoisotopic (exact) mass is 592 g/mol. The van der Waals surface area contributed by atoms with Gasteiger partial charge >= 0.3 is 6.03 Å². The summed E-state index contributed by atoms with van der Waals surface area (Å²) in [6, 6.07) is 15.7. The second-order valence-corrected chi connectivity index (χ2v) is 11.6. The Balaban J connectivity index is 1.14. The maximum absolute atomic E-state index is 13.7. The van der Waals surface area contributed by atoms with E-state index in [2.05, 4.69) is 37.1 Å². The largest absolute Gasteiger partial charge is 0.394 e. The zero-order chi connectivity index (χ0) is 30.5. The fourth-order valence-electron chi connectivity index (χ4n) is 5.60. The number of nitrogens with zero attached hydrogens (tertiary/aromatic N) is 7. The van der Waals surface area contributed by atoms with Crippen LogP contribution in [0.3, 0.4) is 0 Å². The number of aryl methyl sites for hydroxylation is 1. The summed E-state index contributed by atoms with van der Waals surface area (Å²) in [4.78, 5) is 29.1. The second-order valence-electron chi connectivity index (χ2n) is 11.6. The molecule has 44 heavy (non-hydrogen) atoms. The molecule has 4 N–H and O–H groups in total. The smallest absolute Gasteiger partial charge is 0.323 e. The number of rotatable bonds is 10. The molecule has 3 aromatic heterocycles. The van der Waals surface area contributed by atoms with Gasteiger partial charge in [0, 0.05) is 49.2 Å². The number of urea groups is 1. The number of nitrogens with one attached hydrogen (secondary N) is 3. The van der Waals surface area contributed by atoms with Gasteiger partial charge in [-0.3, -0.25) is 9.58 Å². The van der Waals surface area contributed by atoms with Gasteiger partial charge in [0.05, 0.1) is 24.5 Å². The summed E-state index contributed by atoms with van der Waals surface area (Å²) >= 11 is 0. The highest BCUT2D eigenvalue weighted by molar-refractivity contribution is 5.91. The van der Waals surface area contributed by atoms with Gasteiger partial charge in [0.1, 0.15) is 23.3 Å². The Morgan fingerprint density at radius 3 is 2.50 bits per heavy atom. The van der Waals surface area contributed by atoms with Gasteiger partial charge in [-0.25, -0.2) is 14.8 Å². The van der Waals surface area contributed by atoms with Crippen molar-refractivity contribution in [1.82, 2.24) is 30.0 Å². The molecule has 0 aliphatic heterocycles. The molecule has 0 saturated heterocycles. The van der Waals surface area contributed by atoms with Gasteiger partial charge in [-0.2, -0.15) is 15.3 Å². The summed E-state index contributed by atoms with van der Waals surface area (Å²) in [5.41, 5.74) is 2.87. The Labute approximate surface area is 256 Å². The first-order valence-corrected chi connectivity index (χ1v) is 14.9. The fourth-order valence-corrected chi connectivity index (χ4v) is 5.60. The molecule has 0 bridgehead atoms. The lowest BCUT2D eigenvalue weighted by molar-refractivity contribution is 0.240. The summed E-state index contributed by atoms with van der Waals surface area (Å²) in [6.07, 6.45) is 11.8. The second kappa shape index (κ2) is 12.7. The van der Waals surface area contributed by atoms with Crippen molar-refractivity contribution in [1.29, 1.82) is 5.26 Å². The van der Waals surface area contributed by atoms with Crippen molar-refractivity contribution in [3.8, 4) is 17.2 Å². The molecule has 12 heteroatoms. The zero-order valence-corrected chi connectivity index (χ0v) is 24.6. The molecule has 1 aromatic carbocycles. The van der Waals surface area contributed by atoms with Crippen molar-refractivity contribution in [2.45, 2.75) is 62.7 Å². The number of hydrogen-bond donors (Lipinski definition) is 4. The van der Waals surface area contributed by atoms with Crippen molar-refractivity contribution in [2.75, 3.05) is 22.1 Å². The molecule has 0 unspecified atom stereocenters. The van der Waals surface area contributed by atoms with E-state index in [-0.39, 0.29) is 24.7 Å². The van der Waals surface area contributed by atoms with E-state index < -0.39 is 5.54 Å². The Bertz CT molecular complexity index is 1620. The predicted octanol–water partition coefficient (Wildman–Crippen LogP) is 4.22. The minimum absolute atomic E-state index is 0.00881. The third-order valence-corrected chi connectivity index (χ3v) is 8.38. The molecule has 2 saturated carbocycles. The van der Waals surface area contributed by atoms with Gasteiger partial charge in [0.25, 0.3) is 0 Å². The van der Waals surface area contributed by atoms with Crippen LogP contribution in [-0.2, 0) is 13.6 Å². The van der Waals surface area contributed by atoms with Gasteiger partial charge in [-0.15, -0.1) is 0 Å². The van der Waals surface area contributed by atoms with Crippen molar-refractivity contribution in [2.24, 2.45) is 7.05 Å². The van der Waals surface area contributed by atoms with Crippen molar-refractivity contribution < 1.29 is 9.90 Å². The van der Waals surface area contributed by atoms with Crippen molar-refractivity contribution in [3.05, 3.63) is 78.4 Å². The number of aliphatic hydroxyl groups is 1. The fraction of sp³-hybridized carbons (Fsp3) is 0.375. The summed E-state index contributed by atoms with van der Waals surface area (Å²) in [6.45, 7) is 0.413. The Hall–Kier alpha value is -5.02. The third kappa shape index (κ3) is 6.63. The van der Waals surface area contributed by atoms with Crippen LogP contribution < -0.4 is 20.9 Å². The van der Waals surface area contributed by atoms with Gasteiger partial charge in [-0.05, 0) is 56.2 Å². The number of amides is 2. The van der Waals surface area contributed by atoms with E-state index in [1.54, 1.807) is 22.0 Å². The molecule has 6 rings (SSSR count). The number of aromatic nitrogens is 5. The number of carbonyl (C=O) groups is 1. The molecule has 12 nitrogen and oxygen atoms in total. The molecular formula is C32H36N10O2. The number of carbonyl (C=O) groups excluding carboxylic acids is 1. The summed E-state index contributed by atoms with van der Waals surface area (Å²) < 4.78 is 1.75. The Kier molecular flexibility index (Phi) is 8.38. The lowest BCUT2D eigenvalue weighted by Crippen LogP contribution is -2.49. The van der Waals surface area contributed by atoms with E-state index in [9.17, 15) is 15.2 Å². The maximum Gasteiger partial charge on any atom is 0.323 e. The SMILES string of the molecule is Cn1cc(-c2ccc(N(C(=O)NCc3ccccc3)[C@H]3CC[C@H](Nc4ncc(C#N)c(NC5(CO)CC5)n4)CC3)nc2)cn1. The van der Waals surface area contributed by atoms with Crippen LogP contribution in [0.1, 0.15) is 49.7 Å². The van der Waals surface area contributed by atoms with Crippen LogP contribution in [0.5, 0.6) is 0 Å². The number of anilines is 3. The van der Waals surface area contributed by atoms with Crippen molar-refractivity contribution in [3.63, 3.8) is 0 Å². The van der Waals surface area contributed by atoms with Gasteiger partial charge in [0.2, 0.25) is 5.95 Å². The first kappa shape index (κ1) is 29.1. The highest BCUT2D eigenvalue weighted by atomic mass is 16.3. The third-order valence-electron chi connectivity index (χ3n) is 8.38. The van der Waals surface area contributed by atoms with E-state index in [1.165, 1.54) is 6.20 Å². The van der Waals surface area contributed by atoms with E-state index in [0.29, 0.717) is 29.7 Å². The molecule has 2 amide bonds. The van der Waals surface area contributed by atoms with Crippen LogP contribution in [0.2, 0.25) is 0 Å². The molecule has 0 atom stereocenters.